The number of nitrogens with zero attached hydrogens (tertiary/aromatic N) is 7. The lowest BCUT2D eigenvalue weighted by Gasteiger charge is -2.18. The molecule has 0 atom stereocenters. The molecule has 9 heteroatoms. The Morgan fingerprint density at radius 1 is 1.19 bits per heavy atom. The molecule has 4 rings (SSSR count). The molecule has 0 aliphatic carbocycles. The van der Waals surface area contributed by atoms with Crippen LogP contribution in [0.15, 0.2) is 30.5 Å². The number of aromatic nitrogens is 6. The quantitative estimate of drug-likeness (QED) is 0.544. The summed E-state index contributed by atoms with van der Waals surface area (Å²) in [6.07, 6.45) is 1.75. The second-order valence-electron chi connectivity index (χ2n) is 5.97. The number of hydrogen-bond donors (Lipinski definition) is 2. The first-order valence-electron chi connectivity index (χ1n) is 8.78. The summed E-state index contributed by atoms with van der Waals surface area (Å²) in [6.45, 7) is 8.12. The van der Waals surface area contributed by atoms with Crippen molar-refractivity contribution in [2.45, 2.75) is 13.8 Å². The van der Waals surface area contributed by atoms with Crippen LogP contribution in [0.4, 0.5) is 17.5 Å². The highest BCUT2D eigenvalue weighted by molar-refractivity contribution is 5.81. The SMILES string of the molecule is CCN(CC)CCNc1ncc2c(n1)Nc1ccccc1-n1nnnc1-2. The van der Waals surface area contributed by atoms with Crippen molar-refractivity contribution in [3.63, 3.8) is 0 Å². The van der Waals surface area contributed by atoms with Gasteiger partial charge < -0.3 is 15.5 Å². The number of nitrogens with one attached hydrogen (secondary N) is 2. The Balaban J connectivity index is 1.63. The minimum absolute atomic E-state index is 0.585. The van der Waals surface area contributed by atoms with Gasteiger partial charge in [-0.25, -0.2) is 4.98 Å². The van der Waals surface area contributed by atoms with Gasteiger partial charge >= 0.3 is 0 Å². The molecule has 9 nitrogen and oxygen atoms in total. The Labute approximate surface area is 151 Å². The molecule has 26 heavy (non-hydrogen) atoms. The van der Waals surface area contributed by atoms with E-state index < -0.39 is 0 Å². The second-order valence-corrected chi connectivity index (χ2v) is 5.97. The lowest BCUT2D eigenvalue weighted by molar-refractivity contribution is 0.316. The van der Waals surface area contributed by atoms with Crippen LogP contribution in [0.3, 0.4) is 0 Å². The van der Waals surface area contributed by atoms with Crippen molar-refractivity contribution in [2.24, 2.45) is 0 Å². The average Bonchev–Trinajstić information content (AvgIpc) is 3.11. The van der Waals surface area contributed by atoms with E-state index in [0.717, 1.165) is 43.1 Å². The maximum Gasteiger partial charge on any atom is 0.224 e. The zero-order chi connectivity index (χ0) is 17.9. The Kier molecular flexibility index (Phi) is 4.44. The molecule has 0 radical (unpaired) electrons. The number of anilines is 3. The highest BCUT2D eigenvalue weighted by Gasteiger charge is 2.23. The van der Waals surface area contributed by atoms with Crippen LogP contribution in [0.2, 0.25) is 0 Å². The van der Waals surface area contributed by atoms with Crippen molar-refractivity contribution in [1.82, 2.24) is 35.1 Å². The molecule has 0 saturated heterocycles. The number of rotatable bonds is 6. The molecule has 0 bridgehead atoms. The lowest BCUT2D eigenvalue weighted by atomic mass is 10.2. The molecular formula is C17H21N9. The van der Waals surface area contributed by atoms with Crippen LogP contribution in [0, 0.1) is 0 Å². The zero-order valence-electron chi connectivity index (χ0n) is 14.8. The molecule has 134 valence electrons. The van der Waals surface area contributed by atoms with Gasteiger partial charge in [0.25, 0.3) is 0 Å². The van der Waals surface area contributed by atoms with E-state index >= 15 is 0 Å². The van der Waals surface area contributed by atoms with E-state index in [2.05, 4.69) is 54.9 Å². The van der Waals surface area contributed by atoms with Crippen LogP contribution in [0.25, 0.3) is 17.1 Å². The molecule has 0 unspecified atom stereocenters. The molecule has 2 aromatic heterocycles. The molecule has 0 fully saturated rings. The van der Waals surface area contributed by atoms with Crippen LogP contribution in [-0.2, 0) is 0 Å². The first-order chi connectivity index (χ1) is 12.8. The molecule has 3 aromatic rings. The predicted molar refractivity (Wildman–Crippen MR) is 99.7 cm³/mol. The standard InChI is InChI=1S/C17H21N9/c1-3-25(4-2)10-9-18-17-19-11-12-15(21-17)20-13-7-5-6-8-14(13)26-16(12)22-23-24-26/h5-8,11H,3-4,9-10H2,1-2H3,(H2,18,19,20,21). The highest BCUT2D eigenvalue weighted by atomic mass is 15.5. The number of likely N-dealkylation sites (N-methyl/N-ethyl adjacent to an activating group) is 1. The van der Waals surface area contributed by atoms with Gasteiger partial charge in [0, 0.05) is 19.3 Å². The van der Waals surface area contributed by atoms with Gasteiger partial charge in [0.2, 0.25) is 5.95 Å². The average molecular weight is 351 g/mol. The Bertz CT molecular complexity index is 901. The van der Waals surface area contributed by atoms with Gasteiger partial charge in [-0.15, -0.1) is 5.10 Å². The summed E-state index contributed by atoms with van der Waals surface area (Å²) in [6, 6.07) is 7.86. The third-order valence-electron chi connectivity index (χ3n) is 4.49. The van der Waals surface area contributed by atoms with Crippen LogP contribution >= 0.6 is 0 Å². The molecule has 3 heterocycles. The van der Waals surface area contributed by atoms with E-state index in [-0.39, 0.29) is 0 Å². The molecular weight excluding hydrogens is 330 g/mol. The lowest BCUT2D eigenvalue weighted by Crippen LogP contribution is -2.29. The van der Waals surface area contributed by atoms with Gasteiger partial charge in [-0.3, -0.25) is 0 Å². The molecule has 2 N–H and O–H groups in total. The van der Waals surface area contributed by atoms with Crippen LogP contribution in [0.5, 0.6) is 0 Å². The van der Waals surface area contributed by atoms with Gasteiger partial charge in [-0.2, -0.15) is 9.67 Å². The first kappa shape index (κ1) is 16.4. The molecule has 1 aromatic carbocycles. The van der Waals surface area contributed by atoms with Crippen molar-refractivity contribution in [3.8, 4) is 17.1 Å². The van der Waals surface area contributed by atoms with E-state index in [1.807, 2.05) is 24.3 Å². The van der Waals surface area contributed by atoms with Gasteiger partial charge in [-0.1, -0.05) is 26.0 Å². The fourth-order valence-electron chi connectivity index (χ4n) is 3.00. The Morgan fingerprint density at radius 2 is 2.04 bits per heavy atom. The minimum Gasteiger partial charge on any atom is -0.353 e. The number of fused-ring (bicyclic) bond motifs is 5. The fraction of sp³-hybridized carbons (Fsp3) is 0.353. The maximum absolute atomic E-state index is 4.64. The minimum atomic E-state index is 0.585. The fourth-order valence-corrected chi connectivity index (χ4v) is 3.00. The van der Waals surface area contributed by atoms with Crippen molar-refractivity contribution < 1.29 is 0 Å². The zero-order valence-corrected chi connectivity index (χ0v) is 14.8. The molecule has 0 saturated carbocycles. The summed E-state index contributed by atoms with van der Waals surface area (Å²) in [5, 5.41) is 18.7. The van der Waals surface area contributed by atoms with Crippen molar-refractivity contribution in [2.75, 3.05) is 36.8 Å². The summed E-state index contributed by atoms with van der Waals surface area (Å²) in [4.78, 5) is 11.4. The number of tetrazole rings is 1. The molecule has 0 spiro atoms. The Morgan fingerprint density at radius 3 is 2.88 bits per heavy atom. The van der Waals surface area contributed by atoms with Gasteiger partial charge in [0.05, 0.1) is 16.9 Å². The van der Waals surface area contributed by atoms with Gasteiger partial charge in [0.1, 0.15) is 5.82 Å². The first-order valence-corrected chi connectivity index (χ1v) is 8.78. The summed E-state index contributed by atoms with van der Waals surface area (Å²) in [5.74, 6) is 1.89. The summed E-state index contributed by atoms with van der Waals surface area (Å²) < 4.78 is 1.70. The van der Waals surface area contributed by atoms with Crippen molar-refractivity contribution in [1.29, 1.82) is 0 Å². The van der Waals surface area contributed by atoms with Crippen molar-refractivity contribution >= 4 is 17.5 Å². The smallest absolute Gasteiger partial charge is 0.224 e. The van der Waals surface area contributed by atoms with Crippen LogP contribution in [0.1, 0.15) is 13.8 Å². The maximum atomic E-state index is 4.64. The monoisotopic (exact) mass is 351 g/mol. The van der Waals surface area contributed by atoms with Gasteiger partial charge in [0.15, 0.2) is 5.82 Å². The van der Waals surface area contributed by atoms with Crippen molar-refractivity contribution in [3.05, 3.63) is 30.5 Å². The van der Waals surface area contributed by atoms with Crippen LogP contribution in [-0.4, -0.2) is 61.3 Å². The van der Waals surface area contributed by atoms with Crippen LogP contribution < -0.4 is 10.6 Å². The normalized spacial score (nSPS) is 12.0. The summed E-state index contributed by atoms with van der Waals surface area (Å²) in [7, 11) is 0. The molecule has 1 aliphatic rings. The van der Waals surface area contributed by atoms with E-state index in [1.165, 1.54) is 0 Å². The van der Waals surface area contributed by atoms with E-state index in [9.17, 15) is 0 Å². The van der Waals surface area contributed by atoms with E-state index in [4.69, 9.17) is 0 Å². The summed E-state index contributed by atoms with van der Waals surface area (Å²) in [5.41, 5.74) is 2.54. The topological polar surface area (TPSA) is 96.7 Å². The highest BCUT2D eigenvalue weighted by Crippen LogP contribution is 2.35. The largest absolute Gasteiger partial charge is 0.353 e. The number of para-hydroxylation sites is 2. The number of hydrogen-bond acceptors (Lipinski definition) is 8. The van der Waals surface area contributed by atoms with E-state index in [1.54, 1.807) is 10.9 Å². The Hall–Kier alpha value is -3.07. The third kappa shape index (κ3) is 2.97. The third-order valence-corrected chi connectivity index (χ3v) is 4.49. The summed E-state index contributed by atoms with van der Waals surface area (Å²) >= 11 is 0. The van der Waals surface area contributed by atoms with Gasteiger partial charge in [-0.05, 0) is 35.6 Å². The number of benzene rings is 1. The molecule has 0 amide bonds. The predicted octanol–water partition coefficient (Wildman–Crippen LogP) is 1.93. The van der Waals surface area contributed by atoms with E-state index in [0.29, 0.717) is 17.6 Å². The molecule has 1 aliphatic heterocycles. The second kappa shape index (κ2) is 7.04.